The topological polar surface area (TPSA) is 60.7 Å². The SMILES string of the molecule is C=C/C1=C(\C=C)N(c2ccc(C(=N)SC(=N)c3ccc(N4c5ccccc5N(C(=C)CC)c5ccccc54)cc3)cc2)C/C=C\CC/C=C\CN1C1=CCC=CC=C1. The molecule has 7 heteroatoms. The van der Waals surface area contributed by atoms with Crippen LogP contribution in [0.25, 0.3) is 0 Å². The van der Waals surface area contributed by atoms with Gasteiger partial charge in [-0.25, -0.2) is 0 Å². The van der Waals surface area contributed by atoms with Gasteiger partial charge in [0.25, 0.3) is 0 Å². The highest BCUT2D eigenvalue weighted by Crippen LogP contribution is 2.52. The van der Waals surface area contributed by atoms with E-state index in [0.29, 0.717) is 23.2 Å². The van der Waals surface area contributed by atoms with Crippen molar-refractivity contribution >= 4 is 56.0 Å². The van der Waals surface area contributed by atoms with Crippen LogP contribution in [-0.4, -0.2) is 28.1 Å². The van der Waals surface area contributed by atoms with Gasteiger partial charge >= 0.3 is 0 Å². The number of anilines is 6. The number of allylic oxidation sites excluding steroid dienone is 10. The molecule has 290 valence electrons. The average Bonchev–Trinajstić information content (AvgIpc) is 3.55. The Morgan fingerprint density at radius 1 is 0.638 bits per heavy atom. The van der Waals surface area contributed by atoms with Crippen molar-refractivity contribution in [3.05, 3.63) is 218 Å². The second kappa shape index (κ2) is 18.6. The van der Waals surface area contributed by atoms with Crippen molar-refractivity contribution in [3.8, 4) is 0 Å². The zero-order chi connectivity index (χ0) is 40.4. The van der Waals surface area contributed by atoms with Crippen molar-refractivity contribution in [2.24, 2.45) is 0 Å². The normalized spacial score (nSPS) is 17.8. The molecular weight excluding hydrogens is 729 g/mol. The zero-order valence-electron chi connectivity index (χ0n) is 33.1. The molecule has 7 rings (SSSR count). The Morgan fingerprint density at radius 3 is 1.71 bits per heavy atom. The van der Waals surface area contributed by atoms with Gasteiger partial charge < -0.3 is 19.6 Å². The molecule has 2 heterocycles. The molecule has 4 aromatic rings. The predicted molar refractivity (Wildman–Crippen MR) is 250 cm³/mol. The van der Waals surface area contributed by atoms with Crippen molar-refractivity contribution in [2.75, 3.05) is 27.8 Å². The van der Waals surface area contributed by atoms with Crippen molar-refractivity contribution in [3.63, 3.8) is 0 Å². The number of hydrogen-bond acceptors (Lipinski definition) is 7. The fraction of sp³-hybridized carbons (Fsp3) is 0.137. The fourth-order valence-electron chi connectivity index (χ4n) is 7.44. The minimum atomic E-state index is 0.314. The highest BCUT2D eigenvalue weighted by atomic mass is 32.2. The molecule has 2 N–H and O–H groups in total. The van der Waals surface area contributed by atoms with Crippen LogP contribution in [0.3, 0.4) is 0 Å². The summed E-state index contributed by atoms with van der Waals surface area (Å²) < 4.78 is 0. The summed E-state index contributed by atoms with van der Waals surface area (Å²) in [4.78, 5) is 9.07. The van der Waals surface area contributed by atoms with Gasteiger partial charge in [0.05, 0.1) is 34.1 Å². The van der Waals surface area contributed by atoms with Gasteiger partial charge in [-0.1, -0.05) is 136 Å². The molecule has 0 radical (unpaired) electrons. The maximum absolute atomic E-state index is 9.02. The molecule has 1 aliphatic carbocycles. The van der Waals surface area contributed by atoms with E-state index >= 15 is 0 Å². The van der Waals surface area contributed by atoms with E-state index in [1.807, 2.05) is 36.4 Å². The summed E-state index contributed by atoms with van der Waals surface area (Å²) in [6.45, 7) is 16.4. The Balaban J connectivity index is 1.11. The summed E-state index contributed by atoms with van der Waals surface area (Å²) >= 11 is 1.16. The molecule has 0 spiro atoms. The predicted octanol–water partition coefficient (Wildman–Crippen LogP) is 13.6. The maximum atomic E-state index is 9.02. The average molecular weight is 779 g/mol. The summed E-state index contributed by atoms with van der Waals surface area (Å²) in [5, 5.41) is 18.7. The number of thioether (sulfide) groups is 1. The largest absolute Gasteiger partial charge is 0.336 e. The van der Waals surface area contributed by atoms with E-state index in [0.717, 1.165) is 105 Å². The third-order valence-corrected chi connectivity index (χ3v) is 11.3. The van der Waals surface area contributed by atoms with Crippen LogP contribution < -0.4 is 14.7 Å². The molecule has 2 aliphatic heterocycles. The van der Waals surface area contributed by atoms with Gasteiger partial charge in [0.2, 0.25) is 0 Å². The van der Waals surface area contributed by atoms with Crippen molar-refractivity contribution in [1.82, 2.24) is 4.90 Å². The fourth-order valence-corrected chi connectivity index (χ4v) is 8.16. The molecule has 0 bridgehead atoms. The molecule has 0 fully saturated rings. The Labute approximate surface area is 348 Å². The van der Waals surface area contributed by atoms with Crippen LogP contribution in [0.2, 0.25) is 0 Å². The summed E-state index contributed by atoms with van der Waals surface area (Å²) in [6, 6.07) is 32.9. The summed E-state index contributed by atoms with van der Waals surface area (Å²) in [5.41, 5.74) is 11.9. The van der Waals surface area contributed by atoms with Gasteiger partial charge in [0.15, 0.2) is 0 Å². The molecule has 0 saturated carbocycles. The van der Waals surface area contributed by atoms with Gasteiger partial charge in [-0.3, -0.25) is 10.8 Å². The molecule has 58 heavy (non-hydrogen) atoms. The summed E-state index contributed by atoms with van der Waals surface area (Å²) in [7, 11) is 0. The second-order valence-electron chi connectivity index (χ2n) is 14.0. The molecule has 0 unspecified atom stereocenters. The third kappa shape index (κ3) is 8.41. The minimum Gasteiger partial charge on any atom is -0.336 e. The quantitative estimate of drug-likeness (QED) is 0.101. The number of nitrogens with one attached hydrogen (secondary N) is 2. The summed E-state index contributed by atoms with van der Waals surface area (Å²) in [5.74, 6) is 0. The summed E-state index contributed by atoms with van der Waals surface area (Å²) in [6.07, 6.45) is 27.1. The number of hydrogen-bond donors (Lipinski definition) is 2. The number of benzene rings is 4. The molecule has 0 atom stereocenters. The van der Waals surface area contributed by atoms with Gasteiger partial charge in [0.1, 0.15) is 10.1 Å². The first-order chi connectivity index (χ1) is 28.4. The van der Waals surface area contributed by atoms with Gasteiger partial charge in [-0.15, -0.1) is 0 Å². The molecule has 0 amide bonds. The minimum absolute atomic E-state index is 0.314. The van der Waals surface area contributed by atoms with E-state index in [4.69, 9.17) is 10.8 Å². The second-order valence-corrected chi connectivity index (χ2v) is 15.0. The Kier molecular flexibility index (Phi) is 12.7. The number of nitrogens with zero attached hydrogens (tertiary/aromatic N) is 4. The monoisotopic (exact) mass is 778 g/mol. The number of fused-ring (bicyclic) bond motifs is 2. The number of rotatable bonds is 9. The van der Waals surface area contributed by atoms with E-state index in [-0.39, 0.29) is 0 Å². The first kappa shape index (κ1) is 39.7. The van der Waals surface area contributed by atoms with Crippen LogP contribution in [0.1, 0.15) is 43.7 Å². The lowest BCUT2D eigenvalue weighted by Gasteiger charge is -2.40. The van der Waals surface area contributed by atoms with Crippen LogP contribution in [0.15, 0.2) is 206 Å². The smallest absolute Gasteiger partial charge is 0.100 e. The first-order valence-electron chi connectivity index (χ1n) is 19.8. The molecule has 6 nitrogen and oxygen atoms in total. The van der Waals surface area contributed by atoms with Crippen LogP contribution in [0, 0.1) is 10.8 Å². The zero-order valence-corrected chi connectivity index (χ0v) is 34.0. The third-order valence-electron chi connectivity index (χ3n) is 10.4. The van der Waals surface area contributed by atoms with Gasteiger partial charge in [-0.05, 0) is 92.4 Å². The lowest BCUT2D eigenvalue weighted by atomic mass is 10.0. The maximum Gasteiger partial charge on any atom is 0.100 e. The van der Waals surface area contributed by atoms with Crippen LogP contribution in [-0.2, 0) is 0 Å². The lowest BCUT2D eigenvalue weighted by Crippen LogP contribution is -2.29. The molecule has 0 aromatic heterocycles. The Morgan fingerprint density at radius 2 is 1.16 bits per heavy atom. The van der Waals surface area contributed by atoms with Crippen molar-refractivity contribution in [1.29, 1.82) is 10.8 Å². The van der Waals surface area contributed by atoms with Crippen LogP contribution in [0.5, 0.6) is 0 Å². The lowest BCUT2D eigenvalue weighted by molar-refractivity contribution is 0.494. The van der Waals surface area contributed by atoms with E-state index < -0.39 is 0 Å². The van der Waals surface area contributed by atoms with Crippen LogP contribution >= 0.6 is 11.8 Å². The Hall–Kier alpha value is -6.57. The van der Waals surface area contributed by atoms with E-state index in [1.165, 1.54) is 0 Å². The van der Waals surface area contributed by atoms with Crippen LogP contribution in [0.4, 0.5) is 34.1 Å². The molecule has 4 aromatic carbocycles. The molecular formula is C51H50N6S. The van der Waals surface area contributed by atoms with Gasteiger partial charge in [-0.2, -0.15) is 0 Å². The highest BCUT2D eigenvalue weighted by molar-refractivity contribution is 8.27. The highest BCUT2D eigenvalue weighted by Gasteiger charge is 2.30. The van der Waals surface area contributed by atoms with Gasteiger partial charge in [0, 0.05) is 47.0 Å². The van der Waals surface area contributed by atoms with E-state index in [9.17, 15) is 0 Å². The molecule has 3 aliphatic rings. The van der Waals surface area contributed by atoms with E-state index in [1.54, 1.807) is 0 Å². The van der Waals surface area contributed by atoms with Crippen molar-refractivity contribution in [2.45, 2.75) is 32.6 Å². The Bertz CT molecular complexity index is 2340. The number of para-hydroxylation sites is 4. The standard InChI is InChI=1S/C51H50N6S/c1-5-38(4)56-46-24-16-18-26-48(46)57(49-27-19-17-25-47(49)56)43-34-30-40(31-35-43)51(53)58-50(52)39-28-32-42(33-29-39)55-37-21-13-9-8-12-20-36-54(44(6-2)45(55)7-3)41-22-14-10-11-15-23-41/h6-7,10-14,16-35,52-53H,2-5,8-9,15,36-37H2,1H3/b20-12-,21-13-,45-44-,52-50?,53-51?. The van der Waals surface area contributed by atoms with Crippen molar-refractivity contribution < 1.29 is 0 Å². The first-order valence-corrected chi connectivity index (χ1v) is 20.6. The van der Waals surface area contributed by atoms with E-state index in [2.05, 4.69) is 174 Å². The molecule has 0 saturated heterocycles.